The maximum Gasteiger partial charge on any atom is 0.263 e. The highest BCUT2D eigenvalue weighted by molar-refractivity contribution is 5.80. The van der Waals surface area contributed by atoms with Crippen molar-refractivity contribution < 1.29 is 9.13 Å². The Balaban J connectivity index is 2.76. The molecule has 0 saturated heterocycles. The first-order valence-electron chi connectivity index (χ1n) is 10.5. The first-order valence-corrected chi connectivity index (χ1v) is 10.5. The number of hydrogen-bond donors (Lipinski definition) is 1. The molecule has 33 heavy (non-hydrogen) atoms. The van der Waals surface area contributed by atoms with Crippen LogP contribution in [0.25, 0.3) is 16.7 Å². The van der Waals surface area contributed by atoms with Crippen molar-refractivity contribution in [2.24, 2.45) is 7.05 Å². The second-order valence-corrected chi connectivity index (χ2v) is 7.51. The number of nitrogens with zero attached hydrogens (tertiary/aromatic N) is 4. The van der Waals surface area contributed by atoms with E-state index >= 15 is 0 Å². The van der Waals surface area contributed by atoms with E-state index in [0.29, 0.717) is 40.6 Å². The average Bonchev–Trinajstić information content (AvgIpc) is 2.81. The predicted molar refractivity (Wildman–Crippen MR) is 131 cm³/mol. The van der Waals surface area contributed by atoms with Crippen LogP contribution in [0.2, 0.25) is 0 Å². The molecule has 2 aromatic rings. The van der Waals surface area contributed by atoms with E-state index in [4.69, 9.17) is 15.0 Å². The van der Waals surface area contributed by atoms with Crippen LogP contribution in [-0.2, 0) is 7.05 Å². The van der Waals surface area contributed by atoms with Crippen molar-refractivity contribution in [3.63, 3.8) is 0 Å². The highest BCUT2D eigenvalue weighted by Crippen LogP contribution is 2.29. The molecule has 0 aliphatic heterocycles. The minimum absolute atomic E-state index is 0.186. The van der Waals surface area contributed by atoms with Gasteiger partial charge in [0.2, 0.25) is 5.95 Å². The van der Waals surface area contributed by atoms with Crippen LogP contribution in [0.1, 0.15) is 19.0 Å². The number of halogens is 1. The van der Waals surface area contributed by atoms with Crippen LogP contribution in [-0.4, -0.2) is 43.8 Å². The van der Waals surface area contributed by atoms with E-state index in [0.717, 1.165) is 19.0 Å². The maximum absolute atomic E-state index is 14.6. The molecule has 0 fully saturated rings. The van der Waals surface area contributed by atoms with Gasteiger partial charge in [0.1, 0.15) is 17.6 Å². The smallest absolute Gasteiger partial charge is 0.263 e. The molecule has 0 unspecified atom stereocenters. The predicted octanol–water partition coefficient (Wildman–Crippen LogP) is 3.84. The summed E-state index contributed by atoms with van der Waals surface area (Å²) in [5, 5.41) is 12.2. The van der Waals surface area contributed by atoms with Gasteiger partial charge in [0, 0.05) is 20.6 Å². The Hall–Kier alpha value is -3.70. The lowest BCUT2D eigenvalue weighted by molar-refractivity contribution is 0.415. The molecule has 0 bridgehead atoms. The number of nitriles is 1. The van der Waals surface area contributed by atoms with E-state index in [1.54, 1.807) is 51.4 Å². The number of nitrogens with one attached hydrogen (secondary N) is 1. The number of anilines is 1. The molecule has 8 heteroatoms. The van der Waals surface area contributed by atoms with E-state index in [-0.39, 0.29) is 11.1 Å². The molecule has 2 rings (SSSR count). The van der Waals surface area contributed by atoms with Crippen LogP contribution in [0.15, 0.2) is 59.2 Å². The molecule has 0 saturated carbocycles. The Morgan fingerprint density at radius 1 is 1.39 bits per heavy atom. The van der Waals surface area contributed by atoms with Gasteiger partial charge in [-0.2, -0.15) is 5.26 Å². The van der Waals surface area contributed by atoms with Crippen molar-refractivity contribution in [3.05, 3.63) is 70.4 Å². The second kappa shape index (κ2) is 11.8. The van der Waals surface area contributed by atoms with E-state index < -0.39 is 5.83 Å². The van der Waals surface area contributed by atoms with E-state index in [9.17, 15) is 9.18 Å². The Morgan fingerprint density at radius 2 is 2.06 bits per heavy atom. The summed E-state index contributed by atoms with van der Waals surface area (Å²) >= 11 is 0. The average molecular weight is 452 g/mol. The third-order valence-corrected chi connectivity index (χ3v) is 5.21. The van der Waals surface area contributed by atoms with Crippen LogP contribution in [0.3, 0.4) is 0 Å². The van der Waals surface area contributed by atoms with E-state index in [1.165, 1.54) is 10.6 Å². The number of benzene rings is 1. The minimum Gasteiger partial charge on any atom is -0.497 e. The highest BCUT2D eigenvalue weighted by atomic mass is 19.1. The lowest BCUT2D eigenvalue weighted by atomic mass is 10.00. The summed E-state index contributed by atoms with van der Waals surface area (Å²) in [6.45, 7) is 6.63. The molecule has 0 aliphatic rings. The van der Waals surface area contributed by atoms with Crippen LogP contribution in [0.4, 0.5) is 10.3 Å². The molecule has 1 aromatic heterocycles. The van der Waals surface area contributed by atoms with Crippen molar-refractivity contribution in [1.29, 1.82) is 5.26 Å². The fourth-order valence-corrected chi connectivity index (χ4v) is 3.36. The maximum atomic E-state index is 14.6. The van der Waals surface area contributed by atoms with Gasteiger partial charge in [0.15, 0.2) is 0 Å². The number of hydrogen-bond acceptors (Lipinski definition) is 6. The topological polar surface area (TPSA) is 83.2 Å². The quantitative estimate of drug-likeness (QED) is 0.336. The lowest BCUT2D eigenvalue weighted by Crippen LogP contribution is -2.32. The number of methoxy groups -OCH3 is 1. The first-order chi connectivity index (χ1) is 15.8. The fourth-order valence-electron chi connectivity index (χ4n) is 3.36. The van der Waals surface area contributed by atoms with Crippen molar-refractivity contribution in [1.82, 2.24) is 14.9 Å². The minimum atomic E-state index is -0.739. The molecular weight excluding hydrogens is 421 g/mol. The van der Waals surface area contributed by atoms with Crippen LogP contribution in [0, 0.1) is 11.3 Å². The van der Waals surface area contributed by atoms with Gasteiger partial charge in [-0.15, -0.1) is 0 Å². The van der Waals surface area contributed by atoms with Gasteiger partial charge in [0.05, 0.1) is 23.9 Å². The largest absolute Gasteiger partial charge is 0.497 e. The van der Waals surface area contributed by atoms with Crippen molar-refractivity contribution >= 4 is 11.5 Å². The third kappa shape index (κ3) is 5.96. The second-order valence-electron chi connectivity index (χ2n) is 7.51. The van der Waals surface area contributed by atoms with Gasteiger partial charge in [-0.3, -0.25) is 9.36 Å². The van der Waals surface area contributed by atoms with Gasteiger partial charge < -0.3 is 15.0 Å². The summed E-state index contributed by atoms with van der Waals surface area (Å²) in [6, 6.07) is 8.81. The Morgan fingerprint density at radius 3 is 2.61 bits per heavy atom. The van der Waals surface area contributed by atoms with Crippen LogP contribution >= 0.6 is 0 Å². The standard InChI is InChI=1S/C25H30FN5O2/c1-7-18(16-27)21(26)15-17(2)23-22(19-9-11-20(33-6)12-10-19)24(32)31(5)25(29-23)30(4)14-8-13-28-3/h7,9-12,15,28H,1,8,13-14H2,2-6H3/b17-15+,21-18-. The molecule has 0 amide bonds. The lowest BCUT2D eigenvalue weighted by Gasteiger charge is -2.23. The summed E-state index contributed by atoms with van der Waals surface area (Å²) in [7, 11) is 6.97. The summed E-state index contributed by atoms with van der Waals surface area (Å²) in [5.74, 6) is 0.374. The Labute approximate surface area is 194 Å². The third-order valence-electron chi connectivity index (χ3n) is 5.21. The molecule has 0 aliphatic carbocycles. The zero-order valence-corrected chi connectivity index (χ0v) is 19.8. The molecule has 0 radical (unpaired) electrons. The fraction of sp³-hybridized carbons (Fsp3) is 0.320. The van der Waals surface area contributed by atoms with E-state index in [1.807, 2.05) is 19.0 Å². The number of allylic oxidation sites excluding steroid dienone is 5. The SMILES string of the molecule is C=C/C(C#N)=C(F)\C=C(/C)c1nc(N(C)CCCNC)n(C)c(=O)c1-c1ccc(OC)cc1. The summed E-state index contributed by atoms with van der Waals surface area (Å²) in [4.78, 5) is 20.1. The van der Waals surface area contributed by atoms with Crippen molar-refractivity contribution in [2.75, 3.05) is 39.2 Å². The Kier molecular flexibility index (Phi) is 9.13. The molecule has 174 valence electrons. The molecule has 0 spiro atoms. The van der Waals surface area contributed by atoms with Crippen LogP contribution in [0.5, 0.6) is 5.75 Å². The van der Waals surface area contributed by atoms with Gasteiger partial charge in [-0.25, -0.2) is 9.37 Å². The zero-order chi connectivity index (χ0) is 24.5. The number of ether oxygens (including phenoxy) is 1. The summed E-state index contributed by atoms with van der Waals surface area (Å²) in [6.07, 6.45) is 3.22. The molecule has 7 nitrogen and oxygen atoms in total. The zero-order valence-electron chi connectivity index (χ0n) is 19.8. The molecule has 1 heterocycles. The molecular formula is C25H30FN5O2. The Bertz CT molecular complexity index is 1160. The van der Waals surface area contributed by atoms with Crippen molar-refractivity contribution in [2.45, 2.75) is 13.3 Å². The van der Waals surface area contributed by atoms with Crippen LogP contribution < -0.4 is 20.5 Å². The first kappa shape index (κ1) is 25.6. The van der Waals surface area contributed by atoms with Gasteiger partial charge >= 0.3 is 0 Å². The van der Waals surface area contributed by atoms with E-state index in [2.05, 4.69) is 11.9 Å². The number of aromatic nitrogens is 2. The summed E-state index contributed by atoms with van der Waals surface area (Å²) < 4.78 is 21.4. The normalized spacial score (nSPS) is 12.1. The molecule has 1 N–H and O–H groups in total. The number of rotatable bonds is 10. The molecule has 0 atom stereocenters. The summed E-state index contributed by atoms with van der Waals surface area (Å²) in [5.41, 5.74) is 1.28. The monoisotopic (exact) mass is 451 g/mol. The molecule has 1 aromatic carbocycles. The van der Waals surface area contributed by atoms with Gasteiger partial charge in [-0.05, 0) is 62.4 Å². The van der Waals surface area contributed by atoms with Gasteiger partial charge in [-0.1, -0.05) is 18.7 Å². The van der Waals surface area contributed by atoms with Gasteiger partial charge in [0.25, 0.3) is 5.56 Å². The highest BCUT2D eigenvalue weighted by Gasteiger charge is 2.20. The van der Waals surface area contributed by atoms with Crippen molar-refractivity contribution in [3.8, 4) is 22.9 Å².